The molecule has 16 heavy (non-hydrogen) atoms. The van der Waals surface area contributed by atoms with Crippen LogP contribution in [0.25, 0.3) is 0 Å². The van der Waals surface area contributed by atoms with Gasteiger partial charge in [-0.05, 0) is 58.1 Å². The van der Waals surface area contributed by atoms with E-state index in [4.69, 9.17) is 0 Å². The minimum Gasteiger partial charge on any atom is -0.314 e. The Kier molecular flexibility index (Phi) is 3.65. The minimum atomic E-state index is 0.699. The lowest BCUT2D eigenvalue weighted by molar-refractivity contribution is 0.314. The van der Waals surface area contributed by atoms with Gasteiger partial charge >= 0.3 is 0 Å². The van der Waals surface area contributed by atoms with E-state index < -0.39 is 0 Å². The van der Waals surface area contributed by atoms with Crippen molar-refractivity contribution in [1.29, 1.82) is 0 Å². The summed E-state index contributed by atoms with van der Waals surface area (Å²) < 4.78 is 0. The molecule has 2 unspecified atom stereocenters. The summed E-state index contributed by atoms with van der Waals surface area (Å²) in [7, 11) is 0. The molecule has 2 atom stereocenters. The Hall–Kier alpha value is -0.820. The smallest absolute Gasteiger partial charge is 0.00414 e. The van der Waals surface area contributed by atoms with E-state index in [1.807, 2.05) is 0 Å². The highest BCUT2D eigenvalue weighted by atomic mass is 14.9. The number of rotatable bonds is 2. The predicted molar refractivity (Wildman–Crippen MR) is 69.8 cm³/mol. The molecule has 0 aromatic heterocycles. The Morgan fingerprint density at radius 3 is 2.50 bits per heavy atom. The third kappa shape index (κ3) is 3.08. The third-order valence-electron chi connectivity index (χ3n) is 3.54. The van der Waals surface area contributed by atoms with Crippen molar-refractivity contribution in [2.45, 2.75) is 46.1 Å². The number of piperidine rings is 1. The largest absolute Gasteiger partial charge is 0.314 e. The fourth-order valence-electron chi connectivity index (χ4n) is 2.94. The second-order valence-electron chi connectivity index (χ2n) is 5.45. The Bertz CT molecular complexity index is 336. The lowest BCUT2D eigenvalue weighted by Gasteiger charge is -2.28. The second kappa shape index (κ2) is 5.01. The average molecular weight is 217 g/mol. The first kappa shape index (κ1) is 11.7. The van der Waals surface area contributed by atoms with Gasteiger partial charge in [-0.3, -0.25) is 0 Å². The van der Waals surface area contributed by atoms with Crippen LogP contribution >= 0.6 is 0 Å². The minimum absolute atomic E-state index is 0.699. The Morgan fingerprint density at radius 2 is 1.88 bits per heavy atom. The standard InChI is InChI=1S/C15H23N/c1-11-6-12(2)8-15(7-11)10-14-4-5-16-13(3)9-14/h6-8,13-14,16H,4-5,9-10H2,1-3H3. The molecule has 0 bridgehead atoms. The van der Waals surface area contributed by atoms with E-state index in [9.17, 15) is 0 Å². The van der Waals surface area contributed by atoms with E-state index in [1.165, 1.54) is 42.5 Å². The second-order valence-corrected chi connectivity index (χ2v) is 5.45. The van der Waals surface area contributed by atoms with E-state index in [1.54, 1.807) is 0 Å². The van der Waals surface area contributed by atoms with Crippen molar-refractivity contribution in [3.8, 4) is 0 Å². The zero-order valence-electron chi connectivity index (χ0n) is 10.7. The van der Waals surface area contributed by atoms with E-state index in [0.29, 0.717) is 6.04 Å². The maximum atomic E-state index is 3.52. The molecular formula is C15H23N. The van der Waals surface area contributed by atoms with Crippen LogP contribution in [0.5, 0.6) is 0 Å². The Balaban J connectivity index is 2.02. The molecule has 1 aromatic rings. The molecule has 0 saturated carbocycles. The van der Waals surface area contributed by atoms with Gasteiger partial charge in [0.15, 0.2) is 0 Å². The van der Waals surface area contributed by atoms with E-state index >= 15 is 0 Å². The van der Waals surface area contributed by atoms with Crippen molar-refractivity contribution in [3.63, 3.8) is 0 Å². The predicted octanol–water partition coefficient (Wildman–Crippen LogP) is 3.23. The zero-order chi connectivity index (χ0) is 11.5. The van der Waals surface area contributed by atoms with Crippen LogP contribution < -0.4 is 5.32 Å². The maximum absolute atomic E-state index is 3.52. The number of aryl methyl sites for hydroxylation is 2. The molecule has 1 N–H and O–H groups in total. The summed E-state index contributed by atoms with van der Waals surface area (Å²) in [6.45, 7) is 7.88. The summed E-state index contributed by atoms with van der Waals surface area (Å²) in [5.74, 6) is 0.873. The van der Waals surface area contributed by atoms with Crippen LogP contribution in [0, 0.1) is 19.8 Å². The van der Waals surface area contributed by atoms with Crippen LogP contribution in [0.1, 0.15) is 36.5 Å². The van der Waals surface area contributed by atoms with Gasteiger partial charge in [0.1, 0.15) is 0 Å². The molecule has 1 nitrogen and oxygen atoms in total. The quantitative estimate of drug-likeness (QED) is 0.802. The first-order valence-electron chi connectivity index (χ1n) is 6.44. The maximum Gasteiger partial charge on any atom is 0.00414 e. The molecule has 0 amide bonds. The average Bonchev–Trinajstić information content (AvgIpc) is 2.15. The molecule has 1 aliphatic heterocycles. The molecule has 1 aromatic carbocycles. The van der Waals surface area contributed by atoms with Gasteiger partial charge in [-0.25, -0.2) is 0 Å². The molecule has 0 spiro atoms. The lowest BCUT2D eigenvalue weighted by atomic mass is 9.87. The highest BCUT2D eigenvalue weighted by Gasteiger charge is 2.18. The Morgan fingerprint density at radius 1 is 1.19 bits per heavy atom. The number of nitrogens with one attached hydrogen (secondary N) is 1. The van der Waals surface area contributed by atoms with Crippen molar-refractivity contribution in [2.75, 3.05) is 6.54 Å². The van der Waals surface area contributed by atoms with Crippen LogP contribution in [0.15, 0.2) is 18.2 Å². The van der Waals surface area contributed by atoms with Crippen molar-refractivity contribution in [2.24, 2.45) is 5.92 Å². The van der Waals surface area contributed by atoms with Gasteiger partial charge in [0.25, 0.3) is 0 Å². The van der Waals surface area contributed by atoms with Gasteiger partial charge in [0.2, 0.25) is 0 Å². The summed E-state index contributed by atoms with van der Waals surface area (Å²) in [6, 6.07) is 7.65. The van der Waals surface area contributed by atoms with Crippen molar-refractivity contribution in [3.05, 3.63) is 34.9 Å². The van der Waals surface area contributed by atoms with E-state index in [2.05, 4.69) is 44.3 Å². The third-order valence-corrected chi connectivity index (χ3v) is 3.54. The molecule has 0 aliphatic carbocycles. The molecule has 1 heteroatoms. The first-order valence-corrected chi connectivity index (χ1v) is 6.44. The van der Waals surface area contributed by atoms with Crippen molar-refractivity contribution in [1.82, 2.24) is 5.32 Å². The molecule has 1 fully saturated rings. The zero-order valence-corrected chi connectivity index (χ0v) is 10.7. The van der Waals surface area contributed by atoms with Crippen LogP contribution in [0.3, 0.4) is 0 Å². The van der Waals surface area contributed by atoms with Gasteiger partial charge in [-0.1, -0.05) is 29.3 Å². The highest BCUT2D eigenvalue weighted by Crippen LogP contribution is 2.22. The summed E-state index contributed by atoms with van der Waals surface area (Å²) in [5.41, 5.74) is 4.32. The van der Waals surface area contributed by atoms with Gasteiger partial charge in [-0.2, -0.15) is 0 Å². The summed E-state index contributed by atoms with van der Waals surface area (Å²) in [6.07, 6.45) is 3.92. The first-order chi connectivity index (χ1) is 7.63. The normalized spacial score (nSPS) is 25.7. The van der Waals surface area contributed by atoms with E-state index in [0.717, 1.165) is 5.92 Å². The van der Waals surface area contributed by atoms with E-state index in [-0.39, 0.29) is 0 Å². The topological polar surface area (TPSA) is 12.0 Å². The molecule has 88 valence electrons. The van der Waals surface area contributed by atoms with Crippen LogP contribution in [0.2, 0.25) is 0 Å². The van der Waals surface area contributed by atoms with Gasteiger partial charge in [-0.15, -0.1) is 0 Å². The molecule has 1 saturated heterocycles. The summed E-state index contributed by atoms with van der Waals surface area (Å²) >= 11 is 0. The van der Waals surface area contributed by atoms with Crippen molar-refractivity contribution < 1.29 is 0 Å². The SMILES string of the molecule is Cc1cc(C)cc(CC2CCNC(C)C2)c1. The molecule has 1 heterocycles. The molecule has 2 rings (SSSR count). The van der Waals surface area contributed by atoms with Crippen LogP contribution in [-0.2, 0) is 6.42 Å². The van der Waals surface area contributed by atoms with Gasteiger partial charge in [0, 0.05) is 6.04 Å². The van der Waals surface area contributed by atoms with Crippen LogP contribution in [-0.4, -0.2) is 12.6 Å². The molecule has 0 radical (unpaired) electrons. The molecule has 1 aliphatic rings. The van der Waals surface area contributed by atoms with Crippen molar-refractivity contribution >= 4 is 0 Å². The fraction of sp³-hybridized carbons (Fsp3) is 0.600. The summed E-state index contributed by atoms with van der Waals surface area (Å²) in [5, 5.41) is 3.52. The lowest BCUT2D eigenvalue weighted by Crippen LogP contribution is -2.36. The monoisotopic (exact) mass is 217 g/mol. The Labute approximate surface area is 99.3 Å². The number of benzene rings is 1. The summed E-state index contributed by atoms with van der Waals surface area (Å²) in [4.78, 5) is 0. The van der Waals surface area contributed by atoms with Gasteiger partial charge in [0.05, 0.1) is 0 Å². The number of hydrogen-bond acceptors (Lipinski definition) is 1. The van der Waals surface area contributed by atoms with Crippen LogP contribution in [0.4, 0.5) is 0 Å². The molecular weight excluding hydrogens is 194 g/mol. The van der Waals surface area contributed by atoms with Gasteiger partial charge < -0.3 is 5.32 Å². The fourth-order valence-corrected chi connectivity index (χ4v) is 2.94. The highest BCUT2D eigenvalue weighted by molar-refractivity contribution is 5.28. The number of hydrogen-bond donors (Lipinski definition) is 1.